The molecule has 0 fully saturated rings. The molecule has 2 rings (SSSR count). The SMILES string of the molecule is Cc1cc(OC(C)C)ccc1NC(=O)CCNS(=O)(=O)c1ccc(OC(F)(F)F)cc1. The highest BCUT2D eigenvalue weighted by atomic mass is 32.2. The van der Waals surface area contributed by atoms with Crippen LogP contribution >= 0.6 is 0 Å². The molecule has 0 aliphatic heterocycles. The highest BCUT2D eigenvalue weighted by Gasteiger charge is 2.31. The Kier molecular flexibility index (Phi) is 7.91. The van der Waals surface area contributed by atoms with E-state index in [1.165, 1.54) is 0 Å². The first-order valence-electron chi connectivity index (χ1n) is 9.28. The van der Waals surface area contributed by atoms with E-state index < -0.39 is 28.0 Å². The van der Waals surface area contributed by atoms with Crippen LogP contribution in [0.4, 0.5) is 18.9 Å². The standard InChI is InChI=1S/C20H23F3N2O5S/c1-13(2)29-16-6-9-18(14(3)12-16)25-19(26)10-11-24-31(27,28)17-7-4-15(5-8-17)30-20(21,22)23/h4-9,12-13,24H,10-11H2,1-3H3,(H,25,26). The molecule has 11 heteroatoms. The first kappa shape index (κ1) is 24.5. The molecule has 1 amide bonds. The molecule has 0 saturated carbocycles. The normalized spacial score (nSPS) is 12.0. The van der Waals surface area contributed by atoms with Crippen molar-refractivity contribution in [1.82, 2.24) is 4.72 Å². The van der Waals surface area contributed by atoms with Gasteiger partial charge in [0.05, 0.1) is 11.0 Å². The fourth-order valence-electron chi connectivity index (χ4n) is 2.54. The van der Waals surface area contributed by atoms with Crippen molar-refractivity contribution in [1.29, 1.82) is 0 Å². The van der Waals surface area contributed by atoms with Crippen molar-refractivity contribution in [2.75, 3.05) is 11.9 Å². The number of carbonyl (C=O) groups excluding carboxylic acids is 1. The summed E-state index contributed by atoms with van der Waals surface area (Å²) in [5, 5.41) is 2.69. The van der Waals surface area contributed by atoms with Crippen LogP contribution in [0.3, 0.4) is 0 Å². The third-order valence-corrected chi connectivity index (χ3v) is 5.33. The molecule has 2 aromatic rings. The van der Waals surface area contributed by atoms with E-state index in [-0.39, 0.29) is 24.0 Å². The lowest BCUT2D eigenvalue weighted by atomic mass is 10.2. The quantitative estimate of drug-likeness (QED) is 0.590. The van der Waals surface area contributed by atoms with E-state index in [1.807, 2.05) is 13.8 Å². The Morgan fingerprint density at radius 1 is 1.06 bits per heavy atom. The van der Waals surface area contributed by atoms with Gasteiger partial charge in [-0.3, -0.25) is 4.79 Å². The van der Waals surface area contributed by atoms with Gasteiger partial charge in [-0.05, 0) is 68.8 Å². The van der Waals surface area contributed by atoms with Crippen molar-refractivity contribution in [3.8, 4) is 11.5 Å². The molecule has 170 valence electrons. The first-order valence-corrected chi connectivity index (χ1v) is 10.8. The van der Waals surface area contributed by atoms with Gasteiger partial charge >= 0.3 is 6.36 Å². The number of hydrogen-bond acceptors (Lipinski definition) is 5. The number of ether oxygens (including phenoxy) is 2. The third kappa shape index (κ3) is 8.10. The zero-order valence-corrected chi connectivity index (χ0v) is 17.9. The molecule has 2 N–H and O–H groups in total. The van der Waals surface area contributed by atoms with E-state index in [0.717, 1.165) is 29.8 Å². The van der Waals surface area contributed by atoms with E-state index in [0.29, 0.717) is 11.4 Å². The van der Waals surface area contributed by atoms with Crippen molar-refractivity contribution < 1.29 is 35.9 Å². The van der Waals surface area contributed by atoms with Crippen LogP contribution in [-0.2, 0) is 14.8 Å². The summed E-state index contributed by atoms with van der Waals surface area (Å²) in [4.78, 5) is 11.9. The molecule has 0 bridgehead atoms. The minimum Gasteiger partial charge on any atom is -0.491 e. The van der Waals surface area contributed by atoms with Crippen molar-refractivity contribution >= 4 is 21.6 Å². The van der Waals surface area contributed by atoms with Gasteiger partial charge in [0.1, 0.15) is 11.5 Å². The summed E-state index contributed by atoms with van der Waals surface area (Å²) in [6, 6.07) is 8.94. The number of halogens is 3. The van der Waals surface area contributed by atoms with Crippen molar-refractivity contribution in [3.05, 3.63) is 48.0 Å². The number of nitrogens with one attached hydrogen (secondary N) is 2. The predicted octanol–water partition coefficient (Wildman–Crippen LogP) is 3.99. The van der Waals surface area contributed by atoms with Gasteiger partial charge in [-0.15, -0.1) is 13.2 Å². The van der Waals surface area contributed by atoms with Gasteiger partial charge in [0.2, 0.25) is 15.9 Å². The van der Waals surface area contributed by atoms with Crippen LogP contribution in [0.25, 0.3) is 0 Å². The van der Waals surface area contributed by atoms with Crippen LogP contribution in [0.5, 0.6) is 11.5 Å². The van der Waals surface area contributed by atoms with E-state index >= 15 is 0 Å². The number of aryl methyl sites for hydroxylation is 1. The molecule has 0 spiro atoms. The van der Waals surface area contributed by atoms with Crippen LogP contribution in [-0.4, -0.2) is 33.3 Å². The van der Waals surface area contributed by atoms with Crippen molar-refractivity contribution in [2.45, 2.75) is 44.6 Å². The van der Waals surface area contributed by atoms with Crippen LogP contribution in [0.2, 0.25) is 0 Å². The van der Waals surface area contributed by atoms with Crippen molar-refractivity contribution in [2.24, 2.45) is 0 Å². The molecule has 0 aromatic heterocycles. The zero-order chi connectivity index (χ0) is 23.2. The Bertz CT molecular complexity index is 1010. The molecule has 0 radical (unpaired) electrons. The molecular formula is C20H23F3N2O5S. The Balaban J connectivity index is 1.88. The monoisotopic (exact) mass is 460 g/mol. The van der Waals surface area contributed by atoms with Gasteiger partial charge in [0.25, 0.3) is 0 Å². The number of rotatable bonds is 9. The number of amides is 1. The average Bonchev–Trinajstić information content (AvgIpc) is 2.62. The lowest BCUT2D eigenvalue weighted by Gasteiger charge is -2.13. The summed E-state index contributed by atoms with van der Waals surface area (Å²) in [6.45, 7) is 5.41. The lowest BCUT2D eigenvalue weighted by molar-refractivity contribution is -0.274. The van der Waals surface area contributed by atoms with E-state index in [4.69, 9.17) is 4.74 Å². The maximum atomic E-state index is 12.2. The van der Waals surface area contributed by atoms with Crippen molar-refractivity contribution in [3.63, 3.8) is 0 Å². The van der Waals surface area contributed by atoms with Gasteiger partial charge in [-0.1, -0.05) is 0 Å². The Morgan fingerprint density at radius 3 is 2.23 bits per heavy atom. The van der Waals surface area contributed by atoms with Gasteiger partial charge in [-0.25, -0.2) is 13.1 Å². The Labute approximate surface area is 178 Å². The second-order valence-corrected chi connectivity index (χ2v) is 8.63. The summed E-state index contributed by atoms with van der Waals surface area (Å²) in [6.07, 6.45) is -4.99. The molecule has 0 aliphatic carbocycles. The first-order chi connectivity index (χ1) is 14.4. The van der Waals surface area contributed by atoms with E-state index in [1.54, 1.807) is 25.1 Å². The lowest BCUT2D eigenvalue weighted by Crippen LogP contribution is -2.28. The van der Waals surface area contributed by atoms with Gasteiger partial charge in [0, 0.05) is 18.7 Å². The Morgan fingerprint density at radius 2 is 1.68 bits per heavy atom. The Hall–Kier alpha value is -2.79. The second kappa shape index (κ2) is 10.0. The maximum Gasteiger partial charge on any atom is 0.573 e. The highest BCUT2D eigenvalue weighted by Crippen LogP contribution is 2.24. The molecule has 0 atom stereocenters. The largest absolute Gasteiger partial charge is 0.573 e. The molecule has 2 aromatic carbocycles. The number of hydrogen-bond donors (Lipinski definition) is 2. The topological polar surface area (TPSA) is 93.7 Å². The summed E-state index contributed by atoms with van der Waals surface area (Å²) in [7, 11) is -4.00. The molecule has 0 unspecified atom stereocenters. The molecule has 0 heterocycles. The highest BCUT2D eigenvalue weighted by molar-refractivity contribution is 7.89. The number of sulfonamides is 1. The maximum absolute atomic E-state index is 12.2. The molecule has 0 aliphatic rings. The van der Waals surface area contributed by atoms with Crippen LogP contribution < -0.4 is 19.5 Å². The van der Waals surface area contributed by atoms with Gasteiger partial charge in [0.15, 0.2) is 0 Å². The van der Waals surface area contributed by atoms with Gasteiger partial charge < -0.3 is 14.8 Å². The van der Waals surface area contributed by atoms with Gasteiger partial charge in [-0.2, -0.15) is 0 Å². The summed E-state index contributed by atoms with van der Waals surface area (Å²) in [5.74, 6) is -0.270. The number of anilines is 1. The van der Waals surface area contributed by atoms with Crippen LogP contribution in [0, 0.1) is 6.92 Å². The number of alkyl halides is 3. The number of carbonyl (C=O) groups is 1. The summed E-state index contributed by atoms with van der Waals surface area (Å²) >= 11 is 0. The third-order valence-electron chi connectivity index (χ3n) is 3.86. The summed E-state index contributed by atoms with van der Waals surface area (Å²) in [5.41, 5.74) is 1.36. The van der Waals surface area contributed by atoms with Crippen LogP contribution in [0.15, 0.2) is 47.4 Å². The molecule has 31 heavy (non-hydrogen) atoms. The van der Waals surface area contributed by atoms with E-state index in [2.05, 4.69) is 14.8 Å². The smallest absolute Gasteiger partial charge is 0.491 e. The zero-order valence-electron chi connectivity index (χ0n) is 17.1. The minimum absolute atomic E-state index is 0.0150. The second-order valence-electron chi connectivity index (χ2n) is 6.86. The van der Waals surface area contributed by atoms with E-state index in [9.17, 15) is 26.4 Å². The molecule has 0 saturated heterocycles. The molecule has 7 nitrogen and oxygen atoms in total. The minimum atomic E-state index is -4.87. The fourth-order valence-corrected chi connectivity index (χ4v) is 3.57. The van der Waals surface area contributed by atoms with Crippen LogP contribution in [0.1, 0.15) is 25.8 Å². The predicted molar refractivity (Wildman–Crippen MR) is 109 cm³/mol. The molecular weight excluding hydrogens is 437 g/mol. The summed E-state index contributed by atoms with van der Waals surface area (Å²) < 4.78 is 72.5. The number of benzene rings is 2. The average molecular weight is 460 g/mol. The fraction of sp³-hybridized carbons (Fsp3) is 0.350.